The van der Waals surface area contributed by atoms with E-state index < -0.39 is 16.8 Å². The van der Waals surface area contributed by atoms with E-state index in [-0.39, 0.29) is 18.1 Å². The molecule has 20 heavy (non-hydrogen) atoms. The second-order valence-corrected chi connectivity index (χ2v) is 4.38. The molecule has 0 spiro atoms. The minimum atomic E-state index is -0.861. The summed E-state index contributed by atoms with van der Waals surface area (Å²) in [5.74, 6) is -1.63. The van der Waals surface area contributed by atoms with Crippen molar-refractivity contribution >= 4 is 17.6 Å². The first-order valence-electron chi connectivity index (χ1n) is 6.06. The molecule has 1 aromatic rings. The Labute approximate surface area is 114 Å². The van der Waals surface area contributed by atoms with Gasteiger partial charge in [-0.25, -0.2) is 0 Å². The Morgan fingerprint density at radius 3 is 2.85 bits per heavy atom. The molecule has 1 rings (SSSR count). The molecule has 9 nitrogen and oxygen atoms in total. The predicted octanol–water partition coefficient (Wildman–Crippen LogP) is 0.408. The van der Waals surface area contributed by atoms with Crippen LogP contribution in [0.3, 0.4) is 0 Å². The third-order valence-corrected chi connectivity index (χ3v) is 2.69. The summed E-state index contributed by atoms with van der Waals surface area (Å²) in [6, 6.07) is 0. The predicted molar refractivity (Wildman–Crippen MR) is 67.9 cm³/mol. The summed E-state index contributed by atoms with van der Waals surface area (Å²) in [7, 11) is 0. The highest BCUT2D eigenvalue weighted by Crippen LogP contribution is 2.07. The van der Waals surface area contributed by atoms with Crippen molar-refractivity contribution in [3.8, 4) is 0 Å². The van der Waals surface area contributed by atoms with E-state index >= 15 is 0 Å². The average molecular weight is 284 g/mol. The second-order valence-electron chi connectivity index (χ2n) is 4.38. The lowest BCUT2D eigenvalue weighted by Gasteiger charge is -2.07. The van der Waals surface area contributed by atoms with Crippen molar-refractivity contribution in [1.82, 2.24) is 15.1 Å². The summed E-state index contributed by atoms with van der Waals surface area (Å²) >= 11 is 0. The molecule has 1 amide bonds. The van der Waals surface area contributed by atoms with Gasteiger partial charge in [0.05, 0.1) is 10.8 Å². The van der Waals surface area contributed by atoms with E-state index in [0.717, 1.165) is 6.20 Å². The van der Waals surface area contributed by atoms with Crippen LogP contribution in [0.25, 0.3) is 0 Å². The molecular formula is C11H16N4O5. The highest BCUT2D eigenvalue weighted by atomic mass is 16.6. The summed E-state index contributed by atoms with van der Waals surface area (Å²) < 4.78 is 1.17. The van der Waals surface area contributed by atoms with Crippen molar-refractivity contribution in [1.29, 1.82) is 0 Å². The Hall–Kier alpha value is -2.45. The van der Waals surface area contributed by atoms with Crippen LogP contribution in [0.5, 0.6) is 0 Å². The van der Waals surface area contributed by atoms with Crippen LogP contribution in [0.4, 0.5) is 5.69 Å². The van der Waals surface area contributed by atoms with Crippen LogP contribution in [-0.2, 0) is 16.1 Å². The van der Waals surface area contributed by atoms with Gasteiger partial charge >= 0.3 is 11.7 Å². The van der Waals surface area contributed by atoms with Crippen molar-refractivity contribution in [2.45, 2.75) is 26.3 Å². The maximum Gasteiger partial charge on any atom is 0.307 e. The summed E-state index contributed by atoms with van der Waals surface area (Å²) in [5.41, 5.74) is -0.173. The van der Waals surface area contributed by atoms with E-state index in [9.17, 15) is 19.7 Å². The number of carbonyl (C=O) groups excluding carboxylic acids is 1. The quantitative estimate of drug-likeness (QED) is 0.404. The summed E-state index contributed by atoms with van der Waals surface area (Å²) in [5, 5.41) is 25.4. The minimum Gasteiger partial charge on any atom is -0.481 e. The number of rotatable bonds is 8. The molecule has 2 N–H and O–H groups in total. The number of carbonyl (C=O) groups is 2. The zero-order valence-corrected chi connectivity index (χ0v) is 11.0. The van der Waals surface area contributed by atoms with Gasteiger partial charge in [0.15, 0.2) is 0 Å². The number of carboxylic acids is 1. The van der Waals surface area contributed by atoms with Crippen LogP contribution in [0.2, 0.25) is 0 Å². The molecule has 0 saturated carbocycles. The highest BCUT2D eigenvalue weighted by molar-refractivity contribution is 5.75. The number of aliphatic carboxylic acids is 1. The van der Waals surface area contributed by atoms with Gasteiger partial charge < -0.3 is 10.4 Å². The molecule has 0 aromatic carbocycles. The van der Waals surface area contributed by atoms with Crippen molar-refractivity contribution in [3.63, 3.8) is 0 Å². The molecule has 0 radical (unpaired) electrons. The summed E-state index contributed by atoms with van der Waals surface area (Å²) in [6.45, 7) is 1.86. The molecule has 0 aliphatic rings. The Morgan fingerprint density at radius 2 is 2.30 bits per heavy atom. The van der Waals surface area contributed by atoms with Crippen LogP contribution in [-0.4, -0.2) is 38.2 Å². The Balaban J connectivity index is 2.26. The first-order valence-corrected chi connectivity index (χ1v) is 6.06. The molecule has 110 valence electrons. The van der Waals surface area contributed by atoms with E-state index in [4.69, 9.17) is 5.11 Å². The van der Waals surface area contributed by atoms with E-state index in [2.05, 4.69) is 10.4 Å². The smallest absolute Gasteiger partial charge is 0.307 e. The first-order chi connectivity index (χ1) is 9.40. The van der Waals surface area contributed by atoms with Crippen molar-refractivity contribution in [2.75, 3.05) is 6.54 Å². The maximum absolute atomic E-state index is 11.5. The number of hydrogen-bond acceptors (Lipinski definition) is 5. The largest absolute Gasteiger partial charge is 0.481 e. The maximum atomic E-state index is 11.5. The number of hydrogen-bond donors (Lipinski definition) is 2. The lowest BCUT2D eigenvalue weighted by Crippen LogP contribution is -2.29. The number of amides is 1. The second kappa shape index (κ2) is 7.22. The van der Waals surface area contributed by atoms with E-state index in [0.29, 0.717) is 19.4 Å². The Bertz CT molecular complexity index is 499. The molecule has 9 heteroatoms. The van der Waals surface area contributed by atoms with Crippen LogP contribution >= 0.6 is 0 Å². The molecule has 0 fully saturated rings. The van der Waals surface area contributed by atoms with Gasteiger partial charge in [-0.3, -0.25) is 24.4 Å². The molecule has 0 bridgehead atoms. The fourth-order valence-electron chi connectivity index (χ4n) is 1.50. The lowest BCUT2D eigenvalue weighted by atomic mass is 10.1. The average Bonchev–Trinajstić information content (AvgIpc) is 2.82. The minimum absolute atomic E-state index is 0.109. The van der Waals surface area contributed by atoms with Crippen LogP contribution < -0.4 is 5.32 Å². The number of nitrogens with one attached hydrogen (secondary N) is 1. The number of nitro groups is 1. The van der Waals surface area contributed by atoms with E-state index in [1.807, 2.05) is 0 Å². The monoisotopic (exact) mass is 284 g/mol. The summed E-state index contributed by atoms with van der Waals surface area (Å²) in [4.78, 5) is 31.9. The van der Waals surface area contributed by atoms with Gasteiger partial charge in [0.2, 0.25) is 5.91 Å². The molecule has 1 atom stereocenters. The number of aromatic nitrogens is 2. The fourth-order valence-corrected chi connectivity index (χ4v) is 1.50. The molecule has 0 saturated heterocycles. The molecule has 1 aromatic heterocycles. The third kappa shape index (κ3) is 5.04. The van der Waals surface area contributed by atoms with Crippen LogP contribution in [0.15, 0.2) is 12.4 Å². The fraction of sp³-hybridized carbons (Fsp3) is 0.545. The van der Waals surface area contributed by atoms with Crippen LogP contribution in [0, 0.1) is 16.0 Å². The molecule has 0 aliphatic carbocycles. The third-order valence-electron chi connectivity index (χ3n) is 2.69. The zero-order chi connectivity index (χ0) is 15.1. The van der Waals surface area contributed by atoms with Crippen molar-refractivity contribution in [3.05, 3.63) is 22.5 Å². The van der Waals surface area contributed by atoms with Crippen LogP contribution in [0.1, 0.15) is 19.8 Å². The van der Waals surface area contributed by atoms with Gasteiger partial charge in [-0.05, 0) is 12.8 Å². The molecule has 1 heterocycles. The van der Waals surface area contributed by atoms with Gasteiger partial charge in [-0.15, -0.1) is 0 Å². The topological polar surface area (TPSA) is 127 Å². The summed E-state index contributed by atoms with van der Waals surface area (Å²) in [6.07, 6.45) is 3.27. The van der Waals surface area contributed by atoms with E-state index in [1.54, 1.807) is 6.92 Å². The SMILES string of the molecule is CC(CCCNC(=O)Cn1cc([N+](=O)[O-])cn1)C(=O)O. The van der Waals surface area contributed by atoms with Gasteiger partial charge in [0.25, 0.3) is 0 Å². The molecule has 0 aliphatic heterocycles. The highest BCUT2D eigenvalue weighted by Gasteiger charge is 2.12. The lowest BCUT2D eigenvalue weighted by molar-refractivity contribution is -0.385. The van der Waals surface area contributed by atoms with Gasteiger partial charge in [-0.2, -0.15) is 5.10 Å². The van der Waals surface area contributed by atoms with Crippen molar-refractivity contribution < 1.29 is 19.6 Å². The standard InChI is InChI=1S/C11H16N4O5/c1-8(11(17)18)3-2-4-12-10(16)7-14-6-9(5-13-14)15(19)20/h5-6,8H,2-4,7H2,1H3,(H,12,16)(H,17,18). The Morgan fingerprint density at radius 1 is 1.60 bits per heavy atom. The normalized spacial score (nSPS) is 11.8. The van der Waals surface area contributed by atoms with Gasteiger partial charge in [0, 0.05) is 6.54 Å². The first kappa shape index (κ1) is 15.6. The molecule has 1 unspecified atom stereocenters. The Kier molecular flexibility index (Phi) is 5.63. The molecular weight excluding hydrogens is 268 g/mol. The zero-order valence-electron chi connectivity index (χ0n) is 11.0. The number of nitrogens with zero attached hydrogens (tertiary/aromatic N) is 3. The number of carboxylic acid groups (broad SMARTS) is 1. The van der Waals surface area contributed by atoms with E-state index in [1.165, 1.54) is 10.9 Å². The van der Waals surface area contributed by atoms with Crippen molar-refractivity contribution in [2.24, 2.45) is 5.92 Å². The van der Waals surface area contributed by atoms with Gasteiger partial charge in [0.1, 0.15) is 18.9 Å². The van der Waals surface area contributed by atoms with Gasteiger partial charge in [-0.1, -0.05) is 6.92 Å².